The number of nitrogens with zero attached hydrogens (tertiary/aromatic N) is 3. The van der Waals surface area contributed by atoms with Crippen molar-refractivity contribution in [2.75, 3.05) is 32.0 Å². The fourth-order valence-corrected chi connectivity index (χ4v) is 6.37. The van der Waals surface area contributed by atoms with E-state index < -0.39 is 0 Å². The Kier molecular flexibility index (Phi) is 7.28. The SMILES string of the molecule is CCC1(CCCNc2ncc(Cl)c(-c3cc4c(C(=O)NC5CC5)cccc4s3)n2)CCN(C)CC1. The molecule has 2 fully saturated rings. The number of likely N-dealkylation sites (tertiary alicyclic amines) is 1. The summed E-state index contributed by atoms with van der Waals surface area (Å²) >= 11 is 8.12. The molecule has 0 radical (unpaired) electrons. The summed E-state index contributed by atoms with van der Waals surface area (Å²) in [6.45, 7) is 5.57. The predicted molar refractivity (Wildman–Crippen MR) is 146 cm³/mol. The maximum absolute atomic E-state index is 12.7. The average molecular weight is 512 g/mol. The van der Waals surface area contributed by atoms with Crippen LogP contribution in [0.4, 0.5) is 5.95 Å². The van der Waals surface area contributed by atoms with Crippen LogP contribution in [0.25, 0.3) is 20.7 Å². The Balaban J connectivity index is 1.27. The first kappa shape index (κ1) is 24.5. The highest BCUT2D eigenvalue weighted by atomic mass is 35.5. The van der Waals surface area contributed by atoms with Gasteiger partial charge in [0.2, 0.25) is 5.95 Å². The number of thiophene rings is 1. The van der Waals surface area contributed by atoms with Crippen molar-refractivity contribution in [1.29, 1.82) is 0 Å². The molecule has 2 aliphatic rings. The first-order valence-corrected chi connectivity index (χ1v) is 13.9. The number of halogens is 1. The van der Waals surface area contributed by atoms with E-state index in [0.717, 1.165) is 40.8 Å². The van der Waals surface area contributed by atoms with Gasteiger partial charge in [-0.05, 0) is 82.3 Å². The summed E-state index contributed by atoms with van der Waals surface area (Å²) in [5, 5.41) is 7.97. The minimum Gasteiger partial charge on any atom is -0.354 e. The molecule has 1 amide bonds. The summed E-state index contributed by atoms with van der Waals surface area (Å²) < 4.78 is 1.05. The Morgan fingerprint density at radius 2 is 2.09 bits per heavy atom. The zero-order valence-electron chi connectivity index (χ0n) is 20.6. The van der Waals surface area contributed by atoms with Crippen LogP contribution in [0.3, 0.4) is 0 Å². The van der Waals surface area contributed by atoms with Crippen LogP contribution in [0.1, 0.15) is 62.2 Å². The highest BCUT2D eigenvalue weighted by Gasteiger charge is 2.31. The second-order valence-corrected chi connectivity index (χ2v) is 11.6. The van der Waals surface area contributed by atoms with Gasteiger partial charge in [0.05, 0.1) is 16.1 Å². The molecule has 8 heteroatoms. The summed E-state index contributed by atoms with van der Waals surface area (Å²) in [6.07, 6.45) is 9.95. The number of benzene rings is 1. The minimum atomic E-state index is -0.00643. The highest BCUT2D eigenvalue weighted by molar-refractivity contribution is 7.22. The lowest BCUT2D eigenvalue weighted by atomic mass is 9.73. The summed E-state index contributed by atoms with van der Waals surface area (Å²) in [7, 11) is 2.22. The molecule has 2 aromatic heterocycles. The number of aromatic nitrogens is 2. The fraction of sp³-hybridized carbons (Fsp3) is 0.519. The van der Waals surface area contributed by atoms with Gasteiger partial charge in [-0.3, -0.25) is 4.79 Å². The molecule has 0 atom stereocenters. The molecular weight excluding hydrogens is 478 g/mol. The van der Waals surface area contributed by atoms with Gasteiger partial charge in [0.25, 0.3) is 5.91 Å². The summed E-state index contributed by atoms with van der Waals surface area (Å²) in [6, 6.07) is 8.22. The lowest BCUT2D eigenvalue weighted by molar-refractivity contribution is 0.0952. The van der Waals surface area contributed by atoms with E-state index in [2.05, 4.69) is 34.5 Å². The van der Waals surface area contributed by atoms with Gasteiger partial charge in [0.15, 0.2) is 0 Å². The molecule has 3 heterocycles. The van der Waals surface area contributed by atoms with Gasteiger partial charge < -0.3 is 15.5 Å². The van der Waals surface area contributed by atoms with Crippen molar-refractivity contribution < 1.29 is 4.79 Å². The molecule has 6 nitrogen and oxygen atoms in total. The van der Waals surface area contributed by atoms with E-state index in [9.17, 15) is 4.79 Å². The van der Waals surface area contributed by atoms with Gasteiger partial charge in [-0.15, -0.1) is 11.3 Å². The number of fused-ring (bicyclic) bond motifs is 1. The van der Waals surface area contributed by atoms with Gasteiger partial charge in [0.1, 0.15) is 5.69 Å². The van der Waals surface area contributed by atoms with Gasteiger partial charge in [-0.2, -0.15) is 0 Å². The molecule has 0 spiro atoms. The van der Waals surface area contributed by atoms with Crippen LogP contribution in [0.2, 0.25) is 5.02 Å². The van der Waals surface area contributed by atoms with E-state index in [0.29, 0.717) is 33.7 Å². The summed E-state index contributed by atoms with van der Waals surface area (Å²) in [5.74, 6) is 0.593. The van der Waals surface area contributed by atoms with Crippen LogP contribution >= 0.6 is 22.9 Å². The van der Waals surface area contributed by atoms with Crippen molar-refractivity contribution in [3.8, 4) is 10.6 Å². The van der Waals surface area contributed by atoms with Crippen LogP contribution in [-0.4, -0.2) is 53.5 Å². The van der Waals surface area contributed by atoms with Crippen LogP contribution < -0.4 is 10.6 Å². The maximum Gasteiger partial charge on any atom is 0.252 e. The molecule has 1 aromatic carbocycles. The lowest BCUT2D eigenvalue weighted by Crippen LogP contribution is -2.37. The van der Waals surface area contributed by atoms with E-state index in [-0.39, 0.29) is 5.91 Å². The van der Waals surface area contributed by atoms with Gasteiger partial charge in [-0.1, -0.05) is 31.0 Å². The molecule has 0 bridgehead atoms. The average Bonchev–Trinajstić information content (AvgIpc) is 3.57. The standard InChI is InChI=1S/C27H34ClN5OS/c1-3-27(11-14-33(2)15-12-27)10-5-13-29-26-30-17-21(28)24(32-26)23-16-20-19(6-4-7-22(20)35-23)25(34)31-18-8-9-18/h4,6-7,16-18H,3,5,8-15H2,1-2H3,(H,31,34)(H,29,30,32). The molecule has 0 unspecified atom stereocenters. The third kappa shape index (κ3) is 5.63. The first-order chi connectivity index (χ1) is 17.0. The van der Waals surface area contributed by atoms with Crippen LogP contribution in [0.15, 0.2) is 30.5 Å². The number of carbonyl (C=O) groups is 1. The number of piperidine rings is 1. The van der Waals surface area contributed by atoms with Gasteiger partial charge in [0, 0.05) is 28.2 Å². The monoisotopic (exact) mass is 511 g/mol. The van der Waals surface area contributed by atoms with E-state index >= 15 is 0 Å². The second-order valence-electron chi connectivity index (χ2n) is 10.2. The Bertz CT molecular complexity index is 1200. The molecule has 35 heavy (non-hydrogen) atoms. The van der Waals surface area contributed by atoms with Crippen molar-refractivity contribution >= 4 is 44.9 Å². The topological polar surface area (TPSA) is 70.1 Å². The Morgan fingerprint density at radius 3 is 2.83 bits per heavy atom. The van der Waals surface area contributed by atoms with Crippen molar-refractivity contribution in [1.82, 2.24) is 20.2 Å². The lowest BCUT2D eigenvalue weighted by Gasteiger charge is -2.40. The Hall–Kier alpha value is -2.22. The number of hydrogen-bond donors (Lipinski definition) is 2. The van der Waals surface area contributed by atoms with Gasteiger partial charge in [-0.25, -0.2) is 9.97 Å². The van der Waals surface area contributed by atoms with Crippen molar-refractivity contribution in [2.45, 2.75) is 57.9 Å². The third-order valence-corrected chi connectivity index (χ3v) is 9.04. The Morgan fingerprint density at radius 1 is 1.29 bits per heavy atom. The highest BCUT2D eigenvalue weighted by Crippen LogP contribution is 2.39. The quantitative estimate of drug-likeness (QED) is 0.334. The van der Waals surface area contributed by atoms with Crippen molar-refractivity contribution in [2.24, 2.45) is 5.41 Å². The van der Waals surface area contributed by atoms with Crippen LogP contribution in [-0.2, 0) is 0 Å². The zero-order valence-corrected chi connectivity index (χ0v) is 22.1. The molecule has 1 aliphatic heterocycles. The number of anilines is 1. The smallest absolute Gasteiger partial charge is 0.252 e. The molecule has 1 aliphatic carbocycles. The normalized spacial score (nSPS) is 18.0. The largest absolute Gasteiger partial charge is 0.354 e. The molecule has 3 aromatic rings. The van der Waals surface area contributed by atoms with Crippen molar-refractivity contribution in [3.63, 3.8) is 0 Å². The first-order valence-electron chi connectivity index (χ1n) is 12.8. The molecule has 1 saturated carbocycles. The minimum absolute atomic E-state index is 0.00643. The molecule has 1 saturated heterocycles. The number of nitrogens with one attached hydrogen (secondary N) is 2. The molecule has 186 valence electrons. The third-order valence-electron chi connectivity index (χ3n) is 7.66. The molecule has 5 rings (SSSR count). The van der Waals surface area contributed by atoms with Crippen LogP contribution in [0, 0.1) is 5.41 Å². The van der Waals surface area contributed by atoms with Crippen LogP contribution in [0.5, 0.6) is 0 Å². The van der Waals surface area contributed by atoms with Crippen molar-refractivity contribution in [3.05, 3.63) is 41.0 Å². The fourth-order valence-electron chi connectivity index (χ4n) is 5.03. The molecular formula is C27H34ClN5OS. The molecule has 2 N–H and O–H groups in total. The number of amides is 1. The van der Waals surface area contributed by atoms with E-state index in [4.69, 9.17) is 16.6 Å². The maximum atomic E-state index is 12.7. The zero-order chi connectivity index (χ0) is 24.4. The van der Waals surface area contributed by atoms with E-state index in [1.54, 1.807) is 17.5 Å². The van der Waals surface area contributed by atoms with E-state index in [1.807, 2.05) is 24.3 Å². The summed E-state index contributed by atoms with van der Waals surface area (Å²) in [5.41, 5.74) is 1.89. The second kappa shape index (κ2) is 10.4. The van der Waals surface area contributed by atoms with E-state index in [1.165, 1.54) is 38.8 Å². The Labute approximate surface area is 216 Å². The number of rotatable bonds is 9. The number of carbonyl (C=O) groups excluding carboxylic acids is 1. The summed E-state index contributed by atoms with van der Waals surface area (Å²) in [4.78, 5) is 25.3. The van der Waals surface area contributed by atoms with Gasteiger partial charge >= 0.3 is 0 Å². The number of hydrogen-bond acceptors (Lipinski definition) is 6. The predicted octanol–water partition coefficient (Wildman–Crippen LogP) is 6.22.